The number of carboxylic acids is 1. The Morgan fingerprint density at radius 2 is 2.21 bits per heavy atom. The van der Waals surface area contributed by atoms with E-state index in [2.05, 4.69) is 22.1 Å². The average molecular weight is 283 g/mol. The minimum absolute atomic E-state index is 0.219. The van der Waals surface area contributed by atoms with Crippen molar-refractivity contribution < 1.29 is 9.90 Å². The summed E-state index contributed by atoms with van der Waals surface area (Å²) in [5, 5.41) is 13.4. The third-order valence-corrected chi connectivity index (χ3v) is 4.53. The lowest BCUT2D eigenvalue weighted by molar-refractivity contribution is 0.0689. The van der Waals surface area contributed by atoms with Crippen LogP contribution in [0.3, 0.4) is 0 Å². The van der Waals surface area contributed by atoms with Crippen LogP contribution in [0.4, 0.5) is 0 Å². The Labute approximate surface area is 117 Å². The highest BCUT2D eigenvalue weighted by Crippen LogP contribution is 2.31. The molecule has 1 aromatic rings. The van der Waals surface area contributed by atoms with E-state index in [4.69, 9.17) is 5.11 Å². The minimum Gasteiger partial charge on any atom is -0.476 e. The lowest BCUT2D eigenvalue weighted by Gasteiger charge is -2.33. The van der Waals surface area contributed by atoms with Crippen LogP contribution in [0.5, 0.6) is 0 Å². The van der Waals surface area contributed by atoms with Gasteiger partial charge in [0.1, 0.15) is 5.01 Å². The molecule has 0 aliphatic carbocycles. The zero-order valence-corrected chi connectivity index (χ0v) is 12.3. The predicted octanol–water partition coefficient (Wildman–Crippen LogP) is 1.90. The molecule has 1 aliphatic rings. The van der Waals surface area contributed by atoms with E-state index in [1.165, 1.54) is 11.3 Å². The molecule has 1 atom stereocenters. The number of hydrogen-bond donors (Lipinski definition) is 2. The van der Waals surface area contributed by atoms with Gasteiger partial charge in [-0.05, 0) is 13.3 Å². The molecule has 0 bridgehead atoms. The number of rotatable bonds is 5. The van der Waals surface area contributed by atoms with Crippen LogP contribution in [0.2, 0.25) is 0 Å². The number of aryl methyl sites for hydroxylation is 1. The molecule has 106 valence electrons. The second-order valence-corrected chi connectivity index (χ2v) is 6.09. The minimum atomic E-state index is -0.921. The summed E-state index contributed by atoms with van der Waals surface area (Å²) in [5.74, 6) is -0.921. The van der Waals surface area contributed by atoms with Gasteiger partial charge in [-0.3, -0.25) is 4.90 Å². The Kier molecular flexibility index (Phi) is 4.90. The lowest BCUT2D eigenvalue weighted by atomic mass is 10.1. The number of hydrogen-bond acceptors (Lipinski definition) is 5. The van der Waals surface area contributed by atoms with Gasteiger partial charge in [-0.2, -0.15) is 0 Å². The summed E-state index contributed by atoms with van der Waals surface area (Å²) in [6, 6.07) is 0.267. The van der Waals surface area contributed by atoms with Crippen LogP contribution in [0, 0.1) is 6.92 Å². The first-order valence-corrected chi connectivity index (χ1v) is 7.60. The number of carboxylic acid groups (broad SMARTS) is 1. The van der Waals surface area contributed by atoms with Crippen LogP contribution in [0.25, 0.3) is 0 Å². The number of nitrogens with one attached hydrogen (secondary N) is 1. The number of carbonyl (C=O) groups is 1. The van der Waals surface area contributed by atoms with Crippen LogP contribution in [0.15, 0.2) is 0 Å². The van der Waals surface area contributed by atoms with E-state index >= 15 is 0 Å². The SMILES string of the molecule is CCCC(c1nc(C(=O)O)c(C)s1)N1CCNCC1. The van der Waals surface area contributed by atoms with Crippen molar-refractivity contribution >= 4 is 17.3 Å². The van der Waals surface area contributed by atoms with Crippen LogP contribution in [-0.2, 0) is 0 Å². The van der Waals surface area contributed by atoms with Crippen molar-refractivity contribution in [3.63, 3.8) is 0 Å². The Hall–Kier alpha value is -0.980. The third-order valence-electron chi connectivity index (χ3n) is 3.46. The molecule has 2 rings (SSSR count). The van der Waals surface area contributed by atoms with Crippen molar-refractivity contribution in [3.8, 4) is 0 Å². The van der Waals surface area contributed by atoms with Gasteiger partial charge < -0.3 is 10.4 Å². The van der Waals surface area contributed by atoms with Crippen molar-refractivity contribution in [2.45, 2.75) is 32.7 Å². The quantitative estimate of drug-likeness (QED) is 0.864. The fourth-order valence-electron chi connectivity index (χ4n) is 2.49. The number of nitrogens with zero attached hydrogens (tertiary/aromatic N) is 2. The Morgan fingerprint density at radius 1 is 1.53 bits per heavy atom. The first kappa shape index (κ1) is 14.4. The van der Waals surface area contributed by atoms with Gasteiger partial charge in [0.15, 0.2) is 5.69 Å². The number of aromatic carboxylic acids is 1. The van der Waals surface area contributed by atoms with E-state index in [9.17, 15) is 4.79 Å². The summed E-state index contributed by atoms with van der Waals surface area (Å²) < 4.78 is 0. The lowest BCUT2D eigenvalue weighted by Crippen LogP contribution is -2.45. The maximum Gasteiger partial charge on any atom is 0.355 e. The third kappa shape index (κ3) is 3.32. The Balaban J connectivity index is 2.22. The second kappa shape index (κ2) is 6.45. The molecule has 0 saturated carbocycles. The van der Waals surface area contributed by atoms with E-state index < -0.39 is 5.97 Å². The van der Waals surface area contributed by atoms with Crippen LogP contribution >= 0.6 is 11.3 Å². The molecule has 2 heterocycles. The van der Waals surface area contributed by atoms with Gasteiger partial charge in [0.2, 0.25) is 0 Å². The fourth-order valence-corrected chi connectivity index (χ4v) is 3.57. The molecular formula is C13H21N3O2S. The van der Waals surface area contributed by atoms with Gasteiger partial charge in [0.25, 0.3) is 0 Å². The molecule has 1 saturated heterocycles. The van der Waals surface area contributed by atoms with Crippen molar-refractivity contribution in [3.05, 3.63) is 15.6 Å². The molecule has 2 N–H and O–H groups in total. The molecule has 1 aliphatic heterocycles. The molecule has 1 fully saturated rings. The fraction of sp³-hybridized carbons (Fsp3) is 0.692. The predicted molar refractivity (Wildman–Crippen MR) is 75.9 cm³/mol. The summed E-state index contributed by atoms with van der Waals surface area (Å²) in [6.07, 6.45) is 2.11. The Morgan fingerprint density at radius 3 is 2.74 bits per heavy atom. The summed E-state index contributed by atoms with van der Waals surface area (Å²) >= 11 is 1.53. The van der Waals surface area contributed by atoms with Gasteiger partial charge in [0.05, 0.1) is 6.04 Å². The number of piperazine rings is 1. The highest BCUT2D eigenvalue weighted by atomic mass is 32.1. The molecule has 1 unspecified atom stereocenters. The van der Waals surface area contributed by atoms with E-state index in [0.717, 1.165) is 48.9 Å². The largest absolute Gasteiger partial charge is 0.476 e. The average Bonchev–Trinajstić information content (AvgIpc) is 2.79. The maximum absolute atomic E-state index is 11.1. The topological polar surface area (TPSA) is 65.5 Å². The normalized spacial score (nSPS) is 18.4. The first-order chi connectivity index (χ1) is 9.13. The highest BCUT2D eigenvalue weighted by molar-refractivity contribution is 7.11. The molecule has 0 spiro atoms. The van der Waals surface area contributed by atoms with Gasteiger partial charge in [-0.15, -0.1) is 11.3 Å². The number of thiazole rings is 1. The molecule has 1 aromatic heterocycles. The molecule has 6 heteroatoms. The summed E-state index contributed by atoms with van der Waals surface area (Å²) in [7, 11) is 0. The van der Waals surface area contributed by atoms with Crippen molar-refractivity contribution in [1.82, 2.24) is 15.2 Å². The van der Waals surface area contributed by atoms with Gasteiger partial charge in [-0.25, -0.2) is 9.78 Å². The monoisotopic (exact) mass is 283 g/mol. The van der Waals surface area contributed by atoms with Crippen LogP contribution in [-0.4, -0.2) is 47.1 Å². The van der Waals surface area contributed by atoms with Crippen LogP contribution < -0.4 is 5.32 Å². The van der Waals surface area contributed by atoms with Crippen molar-refractivity contribution in [1.29, 1.82) is 0 Å². The van der Waals surface area contributed by atoms with Crippen molar-refractivity contribution in [2.24, 2.45) is 0 Å². The molecule has 0 amide bonds. The maximum atomic E-state index is 11.1. The van der Waals surface area contributed by atoms with E-state index in [1.807, 2.05) is 6.92 Å². The zero-order valence-electron chi connectivity index (χ0n) is 11.5. The zero-order chi connectivity index (χ0) is 13.8. The van der Waals surface area contributed by atoms with E-state index in [1.54, 1.807) is 0 Å². The molecule has 5 nitrogen and oxygen atoms in total. The molecule has 19 heavy (non-hydrogen) atoms. The second-order valence-electron chi connectivity index (χ2n) is 4.85. The van der Waals surface area contributed by atoms with Gasteiger partial charge in [0, 0.05) is 31.1 Å². The Bertz CT molecular complexity index is 441. The van der Waals surface area contributed by atoms with Gasteiger partial charge in [-0.1, -0.05) is 13.3 Å². The molecular weight excluding hydrogens is 262 g/mol. The summed E-state index contributed by atoms with van der Waals surface area (Å²) in [4.78, 5) is 18.7. The first-order valence-electron chi connectivity index (χ1n) is 6.78. The standard InChI is InChI=1S/C13H21N3O2S/c1-3-4-10(16-7-5-14-6-8-16)12-15-11(13(17)18)9(2)19-12/h10,14H,3-8H2,1-2H3,(H,17,18). The number of aromatic nitrogens is 1. The molecule has 0 aromatic carbocycles. The van der Waals surface area contributed by atoms with Crippen LogP contribution in [0.1, 0.15) is 46.2 Å². The smallest absolute Gasteiger partial charge is 0.355 e. The summed E-state index contributed by atoms with van der Waals surface area (Å²) in [6.45, 7) is 8.00. The van der Waals surface area contributed by atoms with E-state index in [0.29, 0.717) is 0 Å². The molecule has 0 radical (unpaired) electrons. The van der Waals surface area contributed by atoms with Crippen molar-refractivity contribution in [2.75, 3.05) is 26.2 Å². The van der Waals surface area contributed by atoms with E-state index in [-0.39, 0.29) is 11.7 Å². The summed E-state index contributed by atoms with van der Waals surface area (Å²) in [5.41, 5.74) is 0.219. The highest BCUT2D eigenvalue weighted by Gasteiger charge is 2.26. The van der Waals surface area contributed by atoms with Gasteiger partial charge >= 0.3 is 5.97 Å².